The topological polar surface area (TPSA) is 138 Å². The lowest BCUT2D eigenvalue weighted by Crippen LogP contribution is -2.40. The molecule has 3 aliphatic carbocycles. The molecule has 12 heteroatoms. The fraction of sp³-hybridized carbons (Fsp3) is 0.433. The summed E-state index contributed by atoms with van der Waals surface area (Å²) in [4.78, 5) is 65.5. The van der Waals surface area contributed by atoms with Crippen molar-refractivity contribution in [2.75, 3.05) is 6.54 Å². The molecular formula is C30H28F3NO8. The molecule has 0 aromatic heterocycles. The average molecular weight is 588 g/mol. The van der Waals surface area contributed by atoms with Gasteiger partial charge in [0.05, 0.1) is 11.8 Å². The van der Waals surface area contributed by atoms with Gasteiger partial charge in [-0.25, -0.2) is 0 Å². The molecule has 2 N–H and O–H groups in total. The van der Waals surface area contributed by atoms with Gasteiger partial charge in [-0.1, -0.05) is 18.1 Å². The Morgan fingerprint density at radius 1 is 1.07 bits per heavy atom. The minimum absolute atomic E-state index is 0.0157. The Hall–Kier alpha value is -4.22. The number of ether oxygens (including phenoxy) is 1. The number of phenols is 1. The summed E-state index contributed by atoms with van der Waals surface area (Å²) in [6, 6.07) is 2.92. The number of nitrogens with zero attached hydrogens (tertiary/aromatic N) is 1. The number of hydrogen-bond donors (Lipinski definition) is 2. The molecule has 1 aliphatic heterocycles. The summed E-state index contributed by atoms with van der Waals surface area (Å²) in [6.45, 7) is 1.57. The summed E-state index contributed by atoms with van der Waals surface area (Å²) in [6.07, 6.45) is -0.727. The van der Waals surface area contributed by atoms with Crippen LogP contribution in [0, 0.1) is 17.8 Å². The number of hydrogen-bond acceptors (Lipinski definition) is 7. The molecule has 1 aromatic carbocycles. The third kappa shape index (κ3) is 5.25. The summed E-state index contributed by atoms with van der Waals surface area (Å²) < 4.78 is 43.2. The van der Waals surface area contributed by atoms with Gasteiger partial charge in [0.2, 0.25) is 11.8 Å². The van der Waals surface area contributed by atoms with Crippen LogP contribution in [0.2, 0.25) is 0 Å². The van der Waals surface area contributed by atoms with Crippen LogP contribution in [0.1, 0.15) is 56.9 Å². The molecule has 222 valence electrons. The Kier molecular flexibility index (Phi) is 7.59. The van der Waals surface area contributed by atoms with Crippen molar-refractivity contribution in [1.29, 1.82) is 0 Å². The van der Waals surface area contributed by atoms with Crippen LogP contribution < -0.4 is 4.74 Å². The number of imide groups is 1. The number of Topliss-reactive ketones (excluding diaryl/α,β-unsaturated/α-hetero) is 1. The first kappa shape index (κ1) is 29.3. The smallest absolute Gasteiger partial charge is 0.508 e. The number of rotatable bonds is 8. The molecule has 0 bridgehead atoms. The van der Waals surface area contributed by atoms with Crippen LogP contribution in [-0.4, -0.2) is 57.4 Å². The maximum absolute atomic E-state index is 13.7. The molecule has 2 amide bonds. The molecule has 42 heavy (non-hydrogen) atoms. The van der Waals surface area contributed by atoms with Crippen molar-refractivity contribution in [2.24, 2.45) is 17.8 Å². The SMILES string of the molecule is CC1=CC(=O)C2=C(C1=O)C(c1cc(OC(F)(F)F)ccc1O)C1=CCC3C(=O)N(CCCCCC(=O)O)C(=O)C3C1C2. The van der Waals surface area contributed by atoms with Gasteiger partial charge in [-0.3, -0.25) is 28.9 Å². The molecule has 1 heterocycles. The van der Waals surface area contributed by atoms with Crippen LogP contribution in [0.5, 0.6) is 11.5 Å². The zero-order valence-corrected chi connectivity index (χ0v) is 22.6. The molecule has 4 unspecified atom stereocenters. The van der Waals surface area contributed by atoms with E-state index in [1.807, 2.05) is 0 Å². The number of allylic oxidation sites excluding steroid dienone is 6. The van der Waals surface area contributed by atoms with Crippen LogP contribution in [0.3, 0.4) is 0 Å². The number of phenolic OH excluding ortho intramolecular Hbond substituents is 1. The lowest BCUT2D eigenvalue weighted by molar-refractivity contribution is -0.274. The van der Waals surface area contributed by atoms with E-state index in [1.54, 1.807) is 6.08 Å². The Morgan fingerprint density at radius 2 is 1.81 bits per heavy atom. The van der Waals surface area contributed by atoms with Gasteiger partial charge >= 0.3 is 12.3 Å². The molecule has 1 fully saturated rings. The van der Waals surface area contributed by atoms with Crippen molar-refractivity contribution in [3.05, 3.63) is 58.2 Å². The van der Waals surface area contributed by atoms with Crippen molar-refractivity contribution in [2.45, 2.75) is 57.7 Å². The molecule has 0 spiro atoms. The van der Waals surface area contributed by atoms with Crippen LogP contribution in [0.15, 0.2) is 52.6 Å². The van der Waals surface area contributed by atoms with Crippen LogP contribution in [0.25, 0.3) is 0 Å². The Bertz CT molecular complexity index is 1490. The molecule has 0 radical (unpaired) electrons. The second kappa shape index (κ2) is 10.9. The quantitative estimate of drug-likeness (QED) is 0.198. The van der Waals surface area contributed by atoms with Crippen molar-refractivity contribution < 1.29 is 52.1 Å². The number of carboxylic acids is 1. The first-order chi connectivity index (χ1) is 19.8. The third-order valence-electron chi connectivity index (χ3n) is 8.47. The number of unbranched alkanes of at least 4 members (excludes halogenated alkanes) is 2. The molecule has 1 aromatic rings. The summed E-state index contributed by atoms with van der Waals surface area (Å²) in [7, 11) is 0. The normalized spacial score (nSPS) is 25.6. The van der Waals surface area contributed by atoms with Crippen LogP contribution >= 0.6 is 0 Å². The Labute approximate surface area is 238 Å². The van der Waals surface area contributed by atoms with Gasteiger partial charge in [0.1, 0.15) is 11.5 Å². The number of likely N-dealkylation sites (tertiary alicyclic amines) is 1. The number of carboxylic acid groups (broad SMARTS) is 1. The largest absolute Gasteiger partial charge is 0.573 e. The maximum atomic E-state index is 13.7. The number of aromatic hydroxyl groups is 1. The third-order valence-corrected chi connectivity index (χ3v) is 8.47. The van der Waals surface area contributed by atoms with E-state index in [-0.39, 0.29) is 54.0 Å². The monoisotopic (exact) mass is 587 g/mol. The number of aliphatic carboxylic acids is 1. The summed E-state index contributed by atoms with van der Waals surface area (Å²) >= 11 is 0. The molecule has 4 atom stereocenters. The Morgan fingerprint density at radius 3 is 2.50 bits per heavy atom. The van der Waals surface area contributed by atoms with Gasteiger partial charge < -0.3 is 14.9 Å². The second-order valence-electron chi connectivity index (χ2n) is 11.0. The van der Waals surface area contributed by atoms with E-state index in [1.165, 1.54) is 17.9 Å². The predicted octanol–water partition coefficient (Wildman–Crippen LogP) is 4.37. The molecule has 9 nitrogen and oxygen atoms in total. The lowest BCUT2D eigenvalue weighted by atomic mass is 9.59. The highest BCUT2D eigenvalue weighted by molar-refractivity contribution is 6.24. The lowest BCUT2D eigenvalue weighted by Gasteiger charge is -2.42. The highest BCUT2D eigenvalue weighted by Crippen LogP contribution is 2.56. The number of amides is 2. The number of alkyl halides is 3. The van der Waals surface area contributed by atoms with Crippen molar-refractivity contribution in [3.63, 3.8) is 0 Å². The summed E-state index contributed by atoms with van der Waals surface area (Å²) in [5.41, 5.74) is 0.677. The van der Waals surface area contributed by atoms with Crippen molar-refractivity contribution >= 4 is 29.4 Å². The van der Waals surface area contributed by atoms with Crippen LogP contribution in [0.4, 0.5) is 13.2 Å². The first-order valence-corrected chi connectivity index (χ1v) is 13.6. The van der Waals surface area contributed by atoms with Crippen LogP contribution in [-0.2, 0) is 24.0 Å². The minimum atomic E-state index is -5.02. The van der Waals surface area contributed by atoms with E-state index in [9.17, 15) is 42.3 Å². The average Bonchev–Trinajstić information content (AvgIpc) is 3.15. The van der Waals surface area contributed by atoms with E-state index in [0.29, 0.717) is 24.8 Å². The molecule has 5 rings (SSSR count). The summed E-state index contributed by atoms with van der Waals surface area (Å²) in [5.74, 6) is -7.19. The molecule has 0 saturated carbocycles. The standard InChI is InChI=1S/C30H28F3NO8/c1-14-11-22(36)20-13-18-16(7-8-17-25(18)29(41)34(28(17)40)10-4-2-3-5-23(37)38)24(26(20)27(14)39)19-12-15(6-9-21(19)35)42-30(31,32)33/h6-7,9,11-12,17-18,24-25,35H,2-5,8,10,13H2,1H3,(H,37,38). The van der Waals surface area contributed by atoms with E-state index >= 15 is 0 Å². The molecule has 1 saturated heterocycles. The highest BCUT2D eigenvalue weighted by atomic mass is 19.4. The minimum Gasteiger partial charge on any atom is -0.508 e. The van der Waals surface area contributed by atoms with E-state index in [2.05, 4.69) is 4.74 Å². The maximum Gasteiger partial charge on any atom is 0.573 e. The van der Waals surface area contributed by atoms with Gasteiger partial charge in [0, 0.05) is 41.2 Å². The fourth-order valence-electron chi connectivity index (χ4n) is 6.69. The number of ketones is 2. The second-order valence-corrected chi connectivity index (χ2v) is 11.0. The van der Waals surface area contributed by atoms with Gasteiger partial charge in [0.15, 0.2) is 11.6 Å². The number of benzene rings is 1. The van der Waals surface area contributed by atoms with Gasteiger partial charge in [-0.05, 0) is 62.8 Å². The van der Waals surface area contributed by atoms with Gasteiger partial charge in [-0.15, -0.1) is 13.2 Å². The number of halogens is 3. The molecular weight excluding hydrogens is 559 g/mol. The van der Waals surface area contributed by atoms with E-state index in [0.717, 1.165) is 18.2 Å². The Balaban J connectivity index is 1.53. The number of carbonyl (C=O) groups is 5. The molecule has 4 aliphatic rings. The zero-order valence-electron chi connectivity index (χ0n) is 22.6. The highest BCUT2D eigenvalue weighted by Gasteiger charge is 2.56. The van der Waals surface area contributed by atoms with E-state index in [4.69, 9.17) is 5.11 Å². The van der Waals surface area contributed by atoms with Crippen molar-refractivity contribution in [1.82, 2.24) is 4.90 Å². The predicted molar refractivity (Wildman–Crippen MR) is 139 cm³/mol. The number of carbonyl (C=O) groups excluding carboxylic acids is 4. The fourth-order valence-corrected chi connectivity index (χ4v) is 6.69. The summed E-state index contributed by atoms with van der Waals surface area (Å²) in [5, 5.41) is 19.6. The first-order valence-electron chi connectivity index (χ1n) is 13.6. The van der Waals surface area contributed by atoms with Crippen molar-refractivity contribution in [3.8, 4) is 11.5 Å². The van der Waals surface area contributed by atoms with Gasteiger partial charge in [-0.2, -0.15) is 0 Å². The number of fused-ring (bicyclic) bond motifs is 3. The zero-order chi connectivity index (χ0) is 30.5. The van der Waals surface area contributed by atoms with Gasteiger partial charge in [0.25, 0.3) is 0 Å². The van der Waals surface area contributed by atoms with E-state index < -0.39 is 65.0 Å².